The van der Waals surface area contributed by atoms with Crippen LogP contribution in [0.4, 0.5) is 14.5 Å². The standard InChI is InChI=1S/C25H30F2N4O3S/c26-20-3-1-19(2-4-20)24(32)30(10-9-29-11-14-33-15-12-29)17-23-18-31(13-16-34-23)25(35)28-22-7-5-21(27)6-8-22/h1-8,23H,9-18H2,(H,28,35). The molecular weight excluding hydrogens is 474 g/mol. The molecule has 4 rings (SSSR count). The number of nitrogens with one attached hydrogen (secondary N) is 1. The van der Waals surface area contributed by atoms with E-state index >= 15 is 0 Å². The second-order valence-electron chi connectivity index (χ2n) is 8.59. The van der Waals surface area contributed by atoms with E-state index in [0.29, 0.717) is 62.4 Å². The van der Waals surface area contributed by atoms with Gasteiger partial charge in [-0.15, -0.1) is 0 Å². The highest BCUT2D eigenvalue weighted by atomic mass is 32.1. The Balaban J connectivity index is 1.39. The fourth-order valence-corrected chi connectivity index (χ4v) is 4.42. The predicted molar refractivity (Wildman–Crippen MR) is 133 cm³/mol. The van der Waals surface area contributed by atoms with Crippen molar-refractivity contribution < 1.29 is 23.0 Å². The van der Waals surface area contributed by atoms with Crippen molar-refractivity contribution in [2.45, 2.75) is 6.10 Å². The van der Waals surface area contributed by atoms with Crippen LogP contribution in [0.5, 0.6) is 0 Å². The number of anilines is 1. The number of ether oxygens (including phenoxy) is 2. The van der Waals surface area contributed by atoms with E-state index in [9.17, 15) is 13.6 Å². The maximum atomic E-state index is 13.4. The Morgan fingerprint density at radius 3 is 2.34 bits per heavy atom. The summed E-state index contributed by atoms with van der Waals surface area (Å²) in [6.07, 6.45) is -0.245. The van der Waals surface area contributed by atoms with Gasteiger partial charge in [-0.2, -0.15) is 0 Å². The van der Waals surface area contributed by atoms with Gasteiger partial charge < -0.3 is 24.6 Å². The Morgan fingerprint density at radius 1 is 1.00 bits per heavy atom. The first kappa shape index (κ1) is 25.4. The summed E-state index contributed by atoms with van der Waals surface area (Å²) in [4.78, 5) is 19.3. The minimum atomic E-state index is -0.380. The van der Waals surface area contributed by atoms with E-state index in [1.807, 2.05) is 4.90 Å². The molecule has 2 aromatic carbocycles. The van der Waals surface area contributed by atoms with Gasteiger partial charge in [0.2, 0.25) is 0 Å². The van der Waals surface area contributed by atoms with Crippen LogP contribution < -0.4 is 5.32 Å². The molecule has 7 nitrogen and oxygen atoms in total. The van der Waals surface area contributed by atoms with Gasteiger partial charge in [-0.1, -0.05) is 0 Å². The highest BCUT2D eigenvalue weighted by Crippen LogP contribution is 2.15. The molecule has 1 N–H and O–H groups in total. The van der Waals surface area contributed by atoms with Crippen molar-refractivity contribution in [2.24, 2.45) is 0 Å². The van der Waals surface area contributed by atoms with Gasteiger partial charge in [-0.25, -0.2) is 8.78 Å². The molecular formula is C25H30F2N4O3S. The molecule has 1 atom stereocenters. The SMILES string of the molecule is O=C(c1ccc(F)cc1)N(CCN1CCOCC1)CC1CN(C(=S)Nc2ccc(F)cc2)CCO1. The van der Waals surface area contributed by atoms with Crippen molar-refractivity contribution in [3.05, 3.63) is 65.7 Å². The van der Waals surface area contributed by atoms with Crippen molar-refractivity contribution in [2.75, 3.05) is 71.0 Å². The van der Waals surface area contributed by atoms with E-state index in [-0.39, 0.29) is 23.6 Å². The highest BCUT2D eigenvalue weighted by Gasteiger charge is 2.27. The summed E-state index contributed by atoms with van der Waals surface area (Å²) < 4.78 is 38.0. The van der Waals surface area contributed by atoms with E-state index in [1.165, 1.54) is 36.4 Å². The third-order valence-corrected chi connectivity index (χ3v) is 6.47. The number of carbonyl (C=O) groups excluding carboxylic acids is 1. The Kier molecular flexibility index (Phi) is 8.97. The quantitative estimate of drug-likeness (QED) is 0.582. The van der Waals surface area contributed by atoms with Crippen LogP contribution >= 0.6 is 12.2 Å². The third-order valence-electron chi connectivity index (χ3n) is 6.11. The van der Waals surface area contributed by atoms with Crippen LogP contribution in [0.2, 0.25) is 0 Å². The van der Waals surface area contributed by atoms with Crippen LogP contribution in [0.15, 0.2) is 48.5 Å². The average molecular weight is 505 g/mol. The van der Waals surface area contributed by atoms with Gasteiger partial charge in [-0.05, 0) is 60.7 Å². The summed E-state index contributed by atoms with van der Waals surface area (Å²) in [6, 6.07) is 11.6. The van der Waals surface area contributed by atoms with Gasteiger partial charge in [0.15, 0.2) is 5.11 Å². The van der Waals surface area contributed by atoms with E-state index in [4.69, 9.17) is 21.7 Å². The molecule has 35 heavy (non-hydrogen) atoms. The van der Waals surface area contributed by atoms with Crippen LogP contribution in [0.3, 0.4) is 0 Å². The number of hydrogen-bond acceptors (Lipinski definition) is 5. The first-order chi connectivity index (χ1) is 17.0. The first-order valence-electron chi connectivity index (χ1n) is 11.8. The van der Waals surface area contributed by atoms with Crippen molar-refractivity contribution >= 4 is 28.9 Å². The molecule has 2 aromatic rings. The van der Waals surface area contributed by atoms with E-state index in [1.54, 1.807) is 17.0 Å². The second kappa shape index (κ2) is 12.3. The number of benzene rings is 2. The average Bonchev–Trinajstić information content (AvgIpc) is 2.88. The molecule has 2 aliphatic heterocycles. The number of hydrogen-bond donors (Lipinski definition) is 1. The lowest BCUT2D eigenvalue weighted by atomic mass is 10.1. The lowest BCUT2D eigenvalue weighted by Crippen LogP contribution is -2.52. The molecule has 2 aliphatic rings. The zero-order chi connectivity index (χ0) is 24.6. The molecule has 1 amide bonds. The fourth-order valence-electron chi connectivity index (χ4n) is 4.13. The third kappa shape index (κ3) is 7.41. The monoisotopic (exact) mass is 504 g/mol. The van der Waals surface area contributed by atoms with Gasteiger partial charge in [0.25, 0.3) is 5.91 Å². The van der Waals surface area contributed by atoms with Crippen LogP contribution in [-0.2, 0) is 9.47 Å². The Labute approximate surface area is 209 Å². The maximum absolute atomic E-state index is 13.4. The molecule has 2 fully saturated rings. The van der Waals surface area contributed by atoms with E-state index in [0.717, 1.165) is 19.6 Å². The summed E-state index contributed by atoms with van der Waals surface area (Å²) in [5.41, 5.74) is 1.15. The molecule has 0 aliphatic carbocycles. The number of nitrogens with zero attached hydrogens (tertiary/aromatic N) is 3. The summed E-state index contributed by atoms with van der Waals surface area (Å²) in [5, 5.41) is 3.66. The molecule has 0 saturated carbocycles. The molecule has 0 spiro atoms. The minimum absolute atomic E-state index is 0.161. The zero-order valence-corrected chi connectivity index (χ0v) is 20.3. The molecule has 0 bridgehead atoms. The second-order valence-corrected chi connectivity index (χ2v) is 8.97. The molecule has 1 unspecified atom stereocenters. The van der Waals surface area contributed by atoms with Gasteiger partial charge >= 0.3 is 0 Å². The normalized spacial score (nSPS) is 18.8. The predicted octanol–water partition coefficient (Wildman–Crippen LogP) is 2.84. The Morgan fingerprint density at radius 2 is 1.66 bits per heavy atom. The number of thiocarbonyl (C=S) groups is 1. The lowest BCUT2D eigenvalue weighted by Gasteiger charge is -2.37. The number of rotatable bonds is 7. The number of halogens is 2. The number of carbonyl (C=O) groups is 1. The molecule has 2 heterocycles. The van der Waals surface area contributed by atoms with Crippen molar-refractivity contribution in [3.8, 4) is 0 Å². The van der Waals surface area contributed by atoms with Gasteiger partial charge in [0, 0.05) is 57.1 Å². The van der Waals surface area contributed by atoms with E-state index in [2.05, 4.69) is 10.2 Å². The van der Waals surface area contributed by atoms with Crippen LogP contribution in [0.25, 0.3) is 0 Å². The van der Waals surface area contributed by atoms with Crippen LogP contribution in [0.1, 0.15) is 10.4 Å². The number of morpholine rings is 2. The maximum Gasteiger partial charge on any atom is 0.253 e. The largest absolute Gasteiger partial charge is 0.379 e. The topological polar surface area (TPSA) is 57.3 Å². The van der Waals surface area contributed by atoms with Crippen molar-refractivity contribution in [3.63, 3.8) is 0 Å². The smallest absolute Gasteiger partial charge is 0.253 e. The zero-order valence-electron chi connectivity index (χ0n) is 19.5. The van der Waals surface area contributed by atoms with Crippen LogP contribution in [0, 0.1) is 11.6 Å². The van der Waals surface area contributed by atoms with Gasteiger partial charge in [-0.3, -0.25) is 9.69 Å². The number of amides is 1. The molecule has 0 radical (unpaired) electrons. The summed E-state index contributed by atoms with van der Waals surface area (Å²) >= 11 is 5.56. The summed E-state index contributed by atoms with van der Waals surface area (Å²) in [5.74, 6) is -0.850. The lowest BCUT2D eigenvalue weighted by molar-refractivity contribution is -0.0228. The Hall–Kier alpha value is -2.66. The minimum Gasteiger partial charge on any atom is -0.379 e. The summed E-state index contributed by atoms with van der Waals surface area (Å²) in [6.45, 7) is 6.25. The molecule has 0 aromatic heterocycles. The molecule has 10 heteroatoms. The summed E-state index contributed by atoms with van der Waals surface area (Å²) in [7, 11) is 0. The molecule has 188 valence electrons. The molecule has 2 saturated heterocycles. The first-order valence-corrected chi connectivity index (χ1v) is 12.2. The van der Waals surface area contributed by atoms with E-state index < -0.39 is 0 Å². The van der Waals surface area contributed by atoms with Gasteiger partial charge in [0.05, 0.1) is 25.9 Å². The fraction of sp³-hybridized carbons (Fsp3) is 0.440. The van der Waals surface area contributed by atoms with Crippen LogP contribution in [-0.4, -0.2) is 97.5 Å². The van der Waals surface area contributed by atoms with Crippen molar-refractivity contribution in [1.29, 1.82) is 0 Å². The highest BCUT2D eigenvalue weighted by molar-refractivity contribution is 7.80. The Bertz CT molecular complexity index is 987. The van der Waals surface area contributed by atoms with Crippen molar-refractivity contribution in [1.82, 2.24) is 14.7 Å². The van der Waals surface area contributed by atoms with Gasteiger partial charge in [0.1, 0.15) is 11.6 Å².